The van der Waals surface area contributed by atoms with Crippen molar-refractivity contribution in [2.45, 2.75) is 39.2 Å². The maximum absolute atomic E-state index is 12.5. The average Bonchev–Trinajstić information content (AvgIpc) is 2.53. The number of hydrogen-bond donors (Lipinski definition) is 0. The van der Waals surface area contributed by atoms with Crippen LogP contribution in [0.15, 0.2) is 48.5 Å². The number of nitro groups is 1. The van der Waals surface area contributed by atoms with Gasteiger partial charge in [0.15, 0.2) is 11.9 Å². The second-order valence-corrected chi connectivity index (χ2v) is 6.68. The summed E-state index contributed by atoms with van der Waals surface area (Å²) in [6.45, 7) is 7.90. The first-order chi connectivity index (χ1) is 11.2. The van der Waals surface area contributed by atoms with Crippen molar-refractivity contribution in [1.29, 1.82) is 0 Å². The molecule has 0 aliphatic rings. The smallest absolute Gasteiger partial charge is 0.310 e. The number of Topliss-reactive ketones (excluding diaryl/α,β-unsaturated/α-hetero) is 1. The first-order valence-electron chi connectivity index (χ1n) is 7.75. The maximum Gasteiger partial charge on any atom is 0.310 e. The fraction of sp³-hybridized carbons (Fsp3) is 0.316. The van der Waals surface area contributed by atoms with Gasteiger partial charge in [-0.05, 0) is 24.0 Å². The van der Waals surface area contributed by atoms with E-state index < -0.39 is 11.0 Å². The summed E-state index contributed by atoms with van der Waals surface area (Å²) in [5.74, 6) is -0.122. The minimum absolute atomic E-state index is 0.00828. The van der Waals surface area contributed by atoms with Crippen LogP contribution in [0.4, 0.5) is 5.69 Å². The van der Waals surface area contributed by atoms with E-state index in [1.165, 1.54) is 12.1 Å². The summed E-state index contributed by atoms with van der Waals surface area (Å²) in [6.07, 6.45) is -0.813. The highest BCUT2D eigenvalue weighted by Crippen LogP contribution is 2.28. The topological polar surface area (TPSA) is 69.4 Å². The van der Waals surface area contributed by atoms with Gasteiger partial charge in [-0.25, -0.2) is 0 Å². The third kappa shape index (κ3) is 3.98. The largest absolute Gasteiger partial charge is 0.475 e. The van der Waals surface area contributed by atoms with E-state index in [1.54, 1.807) is 31.2 Å². The van der Waals surface area contributed by atoms with Gasteiger partial charge >= 0.3 is 5.69 Å². The lowest BCUT2D eigenvalue weighted by Crippen LogP contribution is -2.24. The monoisotopic (exact) mass is 327 g/mol. The highest BCUT2D eigenvalue weighted by atomic mass is 16.6. The molecule has 0 fully saturated rings. The van der Waals surface area contributed by atoms with Crippen molar-refractivity contribution < 1.29 is 14.5 Å². The van der Waals surface area contributed by atoms with Crippen LogP contribution in [-0.4, -0.2) is 16.8 Å². The van der Waals surface area contributed by atoms with E-state index in [0.29, 0.717) is 5.56 Å². The van der Waals surface area contributed by atoms with Crippen molar-refractivity contribution in [3.63, 3.8) is 0 Å². The van der Waals surface area contributed by atoms with Crippen LogP contribution < -0.4 is 4.74 Å². The van der Waals surface area contributed by atoms with E-state index in [2.05, 4.69) is 20.8 Å². The third-order valence-corrected chi connectivity index (χ3v) is 3.77. The van der Waals surface area contributed by atoms with Crippen LogP contribution in [0.5, 0.6) is 5.75 Å². The molecule has 0 radical (unpaired) electrons. The fourth-order valence-electron chi connectivity index (χ4n) is 2.32. The average molecular weight is 327 g/mol. The summed E-state index contributed by atoms with van der Waals surface area (Å²) >= 11 is 0. The van der Waals surface area contributed by atoms with Gasteiger partial charge in [0.25, 0.3) is 0 Å². The van der Waals surface area contributed by atoms with E-state index in [0.717, 1.165) is 5.56 Å². The molecule has 5 heteroatoms. The number of nitrogens with zero attached hydrogens (tertiary/aromatic N) is 1. The van der Waals surface area contributed by atoms with Gasteiger partial charge < -0.3 is 4.74 Å². The quantitative estimate of drug-likeness (QED) is 0.459. The van der Waals surface area contributed by atoms with Crippen molar-refractivity contribution in [3.8, 4) is 5.75 Å². The molecule has 1 atom stereocenters. The molecule has 2 rings (SSSR count). The zero-order valence-electron chi connectivity index (χ0n) is 14.3. The fourth-order valence-corrected chi connectivity index (χ4v) is 2.32. The SMILES string of the molecule is C[C@H](Oc1ccccc1[N+](=O)[O-])C(=O)c1ccc(C(C)(C)C)cc1. The summed E-state index contributed by atoms with van der Waals surface area (Å²) in [5, 5.41) is 11.0. The predicted octanol–water partition coefficient (Wildman–Crippen LogP) is 4.54. The van der Waals surface area contributed by atoms with Crippen molar-refractivity contribution >= 4 is 11.5 Å². The van der Waals surface area contributed by atoms with E-state index in [-0.39, 0.29) is 22.6 Å². The number of carbonyl (C=O) groups is 1. The lowest BCUT2D eigenvalue weighted by atomic mass is 9.86. The molecule has 0 aliphatic carbocycles. The molecule has 0 aliphatic heterocycles. The van der Waals surface area contributed by atoms with Crippen molar-refractivity contribution in [1.82, 2.24) is 0 Å². The number of carbonyl (C=O) groups excluding carboxylic acids is 1. The van der Waals surface area contributed by atoms with Gasteiger partial charge in [-0.3, -0.25) is 14.9 Å². The Morgan fingerprint density at radius 1 is 1.08 bits per heavy atom. The second kappa shape index (κ2) is 6.83. The Kier molecular flexibility index (Phi) is 5.02. The zero-order chi connectivity index (χ0) is 17.9. The Bertz CT molecular complexity index is 745. The van der Waals surface area contributed by atoms with Gasteiger partial charge in [-0.2, -0.15) is 0 Å². The summed E-state index contributed by atoms with van der Waals surface area (Å²) in [5.41, 5.74) is 1.51. The summed E-state index contributed by atoms with van der Waals surface area (Å²) in [7, 11) is 0. The molecule has 0 aromatic heterocycles. The van der Waals surface area contributed by atoms with E-state index in [9.17, 15) is 14.9 Å². The standard InChI is InChI=1S/C19H21NO4/c1-13(24-17-8-6-5-7-16(17)20(22)23)18(21)14-9-11-15(12-10-14)19(2,3)4/h5-13H,1-4H3/t13-/m0/s1. The van der Waals surface area contributed by atoms with Gasteiger partial charge in [0, 0.05) is 11.6 Å². The molecule has 0 bridgehead atoms. The maximum atomic E-state index is 12.5. The molecule has 24 heavy (non-hydrogen) atoms. The Morgan fingerprint density at radius 3 is 2.21 bits per heavy atom. The van der Waals surface area contributed by atoms with Crippen molar-refractivity contribution in [3.05, 3.63) is 69.8 Å². The van der Waals surface area contributed by atoms with Gasteiger partial charge in [0.05, 0.1) is 4.92 Å². The molecule has 0 heterocycles. The third-order valence-electron chi connectivity index (χ3n) is 3.77. The molecule has 2 aromatic carbocycles. The highest BCUT2D eigenvalue weighted by Gasteiger charge is 2.22. The number of benzene rings is 2. The number of rotatable bonds is 5. The Morgan fingerprint density at radius 2 is 1.67 bits per heavy atom. The molecule has 0 amide bonds. The van der Waals surface area contributed by atoms with E-state index in [1.807, 2.05) is 12.1 Å². The van der Waals surface area contributed by atoms with Crippen molar-refractivity contribution in [2.24, 2.45) is 0 Å². The van der Waals surface area contributed by atoms with Crippen LogP contribution in [0.2, 0.25) is 0 Å². The van der Waals surface area contributed by atoms with Gasteiger partial charge in [0.1, 0.15) is 0 Å². The number of ether oxygens (including phenoxy) is 1. The van der Waals surface area contributed by atoms with Crippen LogP contribution in [0.3, 0.4) is 0 Å². The molecule has 0 unspecified atom stereocenters. The lowest BCUT2D eigenvalue weighted by molar-refractivity contribution is -0.386. The minimum atomic E-state index is -0.813. The summed E-state index contributed by atoms with van der Waals surface area (Å²) < 4.78 is 5.53. The number of hydrogen-bond acceptors (Lipinski definition) is 4. The van der Waals surface area contributed by atoms with Crippen LogP contribution in [0, 0.1) is 10.1 Å². The van der Waals surface area contributed by atoms with Crippen LogP contribution in [0.1, 0.15) is 43.6 Å². The van der Waals surface area contributed by atoms with Crippen LogP contribution >= 0.6 is 0 Å². The van der Waals surface area contributed by atoms with Gasteiger partial charge in [-0.1, -0.05) is 57.2 Å². The number of nitro benzene ring substituents is 1. The molecule has 126 valence electrons. The molecule has 5 nitrogen and oxygen atoms in total. The van der Waals surface area contributed by atoms with E-state index in [4.69, 9.17) is 4.74 Å². The molecular formula is C19H21NO4. The first-order valence-corrected chi connectivity index (χ1v) is 7.75. The van der Waals surface area contributed by atoms with Gasteiger partial charge in [-0.15, -0.1) is 0 Å². The molecule has 0 saturated heterocycles. The van der Waals surface area contributed by atoms with Crippen LogP contribution in [-0.2, 0) is 5.41 Å². The molecule has 0 spiro atoms. The highest BCUT2D eigenvalue weighted by molar-refractivity contribution is 5.99. The van der Waals surface area contributed by atoms with Crippen molar-refractivity contribution in [2.75, 3.05) is 0 Å². The number of ketones is 1. The lowest BCUT2D eigenvalue weighted by Gasteiger charge is -2.19. The Hall–Kier alpha value is -2.69. The normalized spacial score (nSPS) is 12.5. The predicted molar refractivity (Wildman–Crippen MR) is 92.7 cm³/mol. The minimum Gasteiger partial charge on any atom is -0.475 e. The second-order valence-electron chi connectivity index (χ2n) is 6.68. The Balaban J connectivity index is 2.17. The number of para-hydroxylation sites is 2. The molecular weight excluding hydrogens is 306 g/mol. The molecule has 2 aromatic rings. The molecule has 0 saturated carbocycles. The molecule has 0 N–H and O–H groups in total. The van der Waals surface area contributed by atoms with Crippen LogP contribution in [0.25, 0.3) is 0 Å². The summed E-state index contributed by atoms with van der Waals surface area (Å²) in [4.78, 5) is 23.0. The van der Waals surface area contributed by atoms with E-state index >= 15 is 0 Å². The zero-order valence-corrected chi connectivity index (χ0v) is 14.3. The first kappa shape index (κ1) is 17.7. The van der Waals surface area contributed by atoms with Gasteiger partial charge in [0.2, 0.25) is 5.78 Å². The Labute approximate surface area is 141 Å². The summed E-state index contributed by atoms with van der Waals surface area (Å²) in [6, 6.07) is 13.4.